The van der Waals surface area contributed by atoms with E-state index in [4.69, 9.17) is 11.6 Å². The van der Waals surface area contributed by atoms with Gasteiger partial charge in [-0.1, -0.05) is 16.8 Å². The van der Waals surface area contributed by atoms with E-state index in [1.807, 2.05) is 0 Å². The number of nitrogens with one attached hydrogen (secondary N) is 2. The summed E-state index contributed by atoms with van der Waals surface area (Å²) in [4.78, 5) is 41.5. The van der Waals surface area contributed by atoms with Crippen molar-refractivity contribution in [2.24, 2.45) is 0 Å². The van der Waals surface area contributed by atoms with Crippen LogP contribution in [0.2, 0.25) is 5.02 Å². The highest BCUT2D eigenvalue weighted by Crippen LogP contribution is 2.40. The Labute approximate surface area is 218 Å². The van der Waals surface area contributed by atoms with Gasteiger partial charge >= 0.3 is 5.76 Å². The molecule has 2 amide bonds. The normalized spacial score (nSPS) is 18.8. The van der Waals surface area contributed by atoms with Crippen LogP contribution in [0.4, 0.5) is 10.1 Å². The third-order valence-corrected chi connectivity index (χ3v) is 6.96. The molecule has 192 valence electrons. The summed E-state index contributed by atoms with van der Waals surface area (Å²) in [6.07, 6.45) is 4.05. The Morgan fingerprint density at radius 1 is 1.16 bits per heavy atom. The van der Waals surface area contributed by atoms with Crippen molar-refractivity contribution in [3.8, 4) is 17.1 Å². The van der Waals surface area contributed by atoms with Crippen LogP contribution in [0.15, 0.2) is 58.1 Å². The number of nitrogens with zero attached hydrogens (tertiary/aromatic N) is 6. The molecule has 2 N–H and O–H groups in total. The Kier molecular flexibility index (Phi) is 5.83. The standard InChI is InChI=1S/C24H18ClFN8O4/c25-16-6-8-17(33-11-27-31-32-33)20(21(16)26)13-9-15-5-7-18(34(15)19(35)10-13)23(36)28-14-3-1-12(2-4-14)22-29-24(37)38-30-22/h1-4,6,8,10-11,15,18H,5,7,9H2,(H,28,36)(H,29,30,37)/t15?,18-/m0/s1. The highest BCUT2D eigenvalue weighted by atomic mass is 35.5. The zero-order valence-electron chi connectivity index (χ0n) is 19.5. The second-order valence-corrected chi connectivity index (χ2v) is 9.29. The van der Waals surface area contributed by atoms with Crippen LogP contribution in [-0.2, 0) is 9.59 Å². The van der Waals surface area contributed by atoms with Gasteiger partial charge in [-0.2, -0.15) is 4.68 Å². The van der Waals surface area contributed by atoms with Gasteiger partial charge in [0, 0.05) is 28.9 Å². The molecule has 1 unspecified atom stereocenters. The second kappa shape index (κ2) is 9.34. The van der Waals surface area contributed by atoms with E-state index in [-0.39, 0.29) is 34.3 Å². The first-order chi connectivity index (χ1) is 18.4. The first-order valence-corrected chi connectivity index (χ1v) is 12.0. The molecule has 4 heterocycles. The fourth-order valence-electron chi connectivity index (χ4n) is 4.98. The average Bonchev–Trinajstić information content (AvgIpc) is 3.67. The summed E-state index contributed by atoms with van der Waals surface area (Å²) >= 11 is 6.07. The van der Waals surface area contributed by atoms with Crippen molar-refractivity contribution < 1.29 is 18.5 Å². The van der Waals surface area contributed by atoms with E-state index >= 15 is 4.39 Å². The molecule has 0 radical (unpaired) electrons. The lowest BCUT2D eigenvalue weighted by atomic mass is 9.92. The van der Waals surface area contributed by atoms with Crippen molar-refractivity contribution in [3.05, 3.63) is 75.8 Å². The Morgan fingerprint density at radius 2 is 1.97 bits per heavy atom. The quantitative estimate of drug-likeness (QED) is 0.395. The van der Waals surface area contributed by atoms with Crippen molar-refractivity contribution >= 4 is 34.7 Å². The zero-order valence-corrected chi connectivity index (χ0v) is 20.2. The fourth-order valence-corrected chi connectivity index (χ4v) is 5.14. The van der Waals surface area contributed by atoms with Crippen molar-refractivity contribution in [2.75, 3.05) is 5.32 Å². The van der Waals surface area contributed by atoms with Gasteiger partial charge in [0.25, 0.3) is 0 Å². The monoisotopic (exact) mass is 536 g/mol. The number of anilines is 1. The molecule has 14 heteroatoms. The second-order valence-electron chi connectivity index (χ2n) is 8.89. The maximum atomic E-state index is 15.2. The number of hydrogen-bond acceptors (Lipinski definition) is 8. The molecule has 2 aliphatic heterocycles. The number of carbonyl (C=O) groups excluding carboxylic acids is 2. The van der Waals surface area contributed by atoms with Crippen LogP contribution in [0.1, 0.15) is 24.8 Å². The summed E-state index contributed by atoms with van der Waals surface area (Å²) in [5.41, 5.74) is 2.09. The summed E-state index contributed by atoms with van der Waals surface area (Å²) in [6.45, 7) is 0. The van der Waals surface area contributed by atoms with Gasteiger partial charge in [-0.15, -0.1) is 5.10 Å². The van der Waals surface area contributed by atoms with Gasteiger partial charge in [-0.3, -0.25) is 19.1 Å². The smallest absolute Gasteiger partial charge is 0.324 e. The molecule has 0 saturated carbocycles. The highest BCUT2D eigenvalue weighted by molar-refractivity contribution is 6.31. The van der Waals surface area contributed by atoms with Crippen LogP contribution < -0.4 is 11.1 Å². The molecule has 1 saturated heterocycles. The first kappa shape index (κ1) is 23.7. The molecule has 2 aromatic carbocycles. The van der Waals surface area contributed by atoms with Crippen LogP contribution in [-0.4, -0.2) is 59.1 Å². The van der Waals surface area contributed by atoms with Gasteiger partial charge in [-0.25, -0.2) is 9.18 Å². The Balaban J connectivity index is 1.22. The van der Waals surface area contributed by atoms with Gasteiger partial charge in [0.05, 0.1) is 10.7 Å². The summed E-state index contributed by atoms with van der Waals surface area (Å²) in [7, 11) is 0. The van der Waals surface area contributed by atoms with E-state index < -0.39 is 17.6 Å². The van der Waals surface area contributed by atoms with Gasteiger partial charge in [0.2, 0.25) is 11.8 Å². The lowest BCUT2D eigenvalue weighted by molar-refractivity contribution is -0.135. The maximum absolute atomic E-state index is 15.2. The number of amides is 2. The predicted molar refractivity (Wildman–Crippen MR) is 132 cm³/mol. The van der Waals surface area contributed by atoms with Crippen molar-refractivity contribution in [3.63, 3.8) is 0 Å². The largest absolute Gasteiger partial charge is 0.439 e. The molecule has 1 fully saturated rings. The minimum Gasteiger partial charge on any atom is -0.324 e. The number of fused-ring (bicyclic) bond motifs is 1. The third kappa shape index (κ3) is 4.16. The lowest BCUT2D eigenvalue weighted by Crippen LogP contribution is -2.48. The van der Waals surface area contributed by atoms with Gasteiger partial charge in [-0.05, 0) is 71.7 Å². The average molecular weight is 537 g/mol. The van der Waals surface area contributed by atoms with E-state index in [2.05, 4.69) is 35.5 Å². The summed E-state index contributed by atoms with van der Waals surface area (Å²) in [5.74, 6) is -1.78. The maximum Gasteiger partial charge on any atom is 0.439 e. The number of hydrogen-bond donors (Lipinski definition) is 2. The number of aromatic nitrogens is 6. The SMILES string of the molecule is O=C(Nc1ccc(-c2noc(=O)[nH]2)cc1)[C@@H]1CCC2CC(c3c(-n4cnnn4)ccc(Cl)c3F)=CC(=O)N21. The summed E-state index contributed by atoms with van der Waals surface area (Å²) in [6, 6.07) is 8.68. The number of tetrazole rings is 1. The first-order valence-electron chi connectivity index (χ1n) is 11.6. The fraction of sp³-hybridized carbons (Fsp3) is 0.208. The van der Waals surface area contributed by atoms with Crippen LogP contribution in [0.3, 0.4) is 0 Å². The number of halogens is 2. The predicted octanol–water partition coefficient (Wildman–Crippen LogP) is 2.58. The molecule has 2 atom stereocenters. The minimum atomic E-state index is -0.680. The van der Waals surface area contributed by atoms with Crippen molar-refractivity contribution in [2.45, 2.75) is 31.3 Å². The number of carbonyl (C=O) groups is 2. The molecule has 0 bridgehead atoms. The molecule has 12 nitrogen and oxygen atoms in total. The van der Waals surface area contributed by atoms with Crippen molar-refractivity contribution in [1.29, 1.82) is 0 Å². The molecular formula is C24H18ClFN8O4. The number of rotatable bonds is 5. The van der Waals surface area contributed by atoms with E-state index in [1.54, 1.807) is 35.2 Å². The van der Waals surface area contributed by atoms with Crippen molar-refractivity contribution in [1.82, 2.24) is 35.2 Å². The van der Waals surface area contributed by atoms with Gasteiger partial charge in [0.15, 0.2) is 11.6 Å². The molecule has 6 rings (SSSR count). The van der Waals surface area contributed by atoms with Gasteiger partial charge < -0.3 is 10.2 Å². The molecule has 2 aromatic heterocycles. The summed E-state index contributed by atoms with van der Waals surface area (Å²) in [5, 5.41) is 17.4. The minimum absolute atomic E-state index is 0.0859. The Hall–Kier alpha value is -4.65. The van der Waals surface area contributed by atoms with Crippen LogP contribution in [0, 0.1) is 5.82 Å². The van der Waals surface area contributed by atoms with Crippen LogP contribution in [0.5, 0.6) is 0 Å². The van der Waals surface area contributed by atoms with Gasteiger partial charge in [0.1, 0.15) is 12.4 Å². The molecule has 0 aliphatic carbocycles. The molecule has 2 aliphatic rings. The molecular weight excluding hydrogens is 519 g/mol. The van der Waals surface area contributed by atoms with E-state index in [1.165, 1.54) is 23.2 Å². The molecule has 4 aromatic rings. The van der Waals surface area contributed by atoms with E-state index in [0.717, 1.165) is 0 Å². The Bertz CT molecular complexity index is 1630. The lowest BCUT2D eigenvalue weighted by Gasteiger charge is -2.33. The highest BCUT2D eigenvalue weighted by Gasteiger charge is 2.43. The molecule has 38 heavy (non-hydrogen) atoms. The number of aromatic amines is 1. The number of H-pyrrole nitrogens is 1. The topological polar surface area (TPSA) is 152 Å². The Morgan fingerprint density at radius 3 is 2.68 bits per heavy atom. The summed E-state index contributed by atoms with van der Waals surface area (Å²) < 4.78 is 21.0. The number of benzene rings is 2. The molecule has 0 spiro atoms. The zero-order chi connectivity index (χ0) is 26.4. The van der Waals surface area contributed by atoms with E-state index in [9.17, 15) is 14.4 Å². The van der Waals surface area contributed by atoms with Crippen LogP contribution >= 0.6 is 11.6 Å². The third-order valence-electron chi connectivity index (χ3n) is 6.67. The van der Waals surface area contributed by atoms with E-state index in [0.29, 0.717) is 41.8 Å². The van der Waals surface area contributed by atoms with Crippen LogP contribution in [0.25, 0.3) is 22.6 Å².